The zero-order valence-corrected chi connectivity index (χ0v) is 12.2. The van der Waals surface area contributed by atoms with Crippen molar-refractivity contribution < 1.29 is 0 Å². The van der Waals surface area contributed by atoms with Gasteiger partial charge in [-0.05, 0) is 33.1 Å². The molecule has 3 unspecified atom stereocenters. The van der Waals surface area contributed by atoms with E-state index in [1.165, 1.54) is 43.6 Å². The van der Waals surface area contributed by atoms with Gasteiger partial charge in [-0.25, -0.2) is 4.68 Å². The number of unbranched alkanes of at least 4 members (excludes halogenated alkanes) is 1. The average molecular weight is 249 g/mol. The van der Waals surface area contributed by atoms with Gasteiger partial charge in [-0.3, -0.25) is 0 Å². The Morgan fingerprint density at radius 3 is 2.89 bits per heavy atom. The van der Waals surface area contributed by atoms with Crippen LogP contribution in [0.25, 0.3) is 0 Å². The molecule has 1 aliphatic rings. The molecule has 0 saturated carbocycles. The Balaban J connectivity index is 2.17. The first-order valence-electron chi connectivity index (χ1n) is 7.51. The summed E-state index contributed by atoms with van der Waals surface area (Å²) in [6, 6.07) is 3.36. The third kappa shape index (κ3) is 2.70. The van der Waals surface area contributed by atoms with Gasteiger partial charge in [0.05, 0.1) is 11.7 Å². The highest BCUT2D eigenvalue weighted by Gasteiger charge is 2.24. The fourth-order valence-corrected chi connectivity index (χ4v) is 2.99. The monoisotopic (exact) mass is 249 g/mol. The average Bonchev–Trinajstić information content (AvgIpc) is 2.74. The van der Waals surface area contributed by atoms with Crippen LogP contribution in [0.15, 0.2) is 6.07 Å². The SMILES string of the molecule is CCCCC(CC)c1cc2n(n1)C(C)CC(C)N2. The minimum absolute atomic E-state index is 0.522. The first-order chi connectivity index (χ1) is 8.65. The van der Waals surface area contributed by atoms with E-state index in [0.717, 1.165) is 0 Å². The van der Waals surface area contributed by atoms with E-state index < -0.39 is 0 Å². The predicted octanol–water partition coefficient (Wildman–Crippen LogP) is 4.33. The minimum Gasteiger partial charge on any atom is -0.368 e. The second-order valence-electron chi connectivity index (χ2n) is 5.78. The number of hydrogen-bond acceptors (Lipinski definition) is 2. The van der Waals surface area contributed by atoms with E-state index in [1.54, 1.807) is 0 Å². The van der Waals surface area contributed by atoms with Gasteiger partial charge in [0.25, 0.3) is 0 Å². The van der Waals surface area contributed by atoms with Gasteiger partial charge >= 0.3 is 0 Å². The first kappa shape index (κ1) is 13.4. The molecule has 0 amide bonds. The smallest absolute Gasteiger partial charge is 0.125 e. The Morgan fingerprint density at radius 2 is 2.22 bits per heavy atom. The minimum atomic E-state index is 0.522. The van der Waals surface area contributed by atoms with E-state index in [2.05, 4.69) is 43.8 Å². The maximum absolute atomic E-state index is 4.84. The van der Waals surface area contributed by atoms with Crippen molar-refractivity contribution in [3.8, 4) is 0 Å². The Bertz CT molecular complexity index is 383. The first-order valence-corrected chi connectivity index (χ1v) is 7.51. The van der Waals surface area contributed by atoms with Gasteiger partial charge in [0.1, 0.15) is 5.82 Å². The Morgan fingerprint density at radius 1 is 1.44 bits per heavy atom. The van der Waals surface area contributed by atoms with E-state index in [0.29, 0.717) is 18.0 Å². The fourth-order valence-electron chi connectivity index (χ4n) is 2.99. The van der Waals surface area contributed by atoms with Crippen molar-refractivity contribution in [1.82, 2.24) is 9.78 Å². The highest BCUT2D eigenvalue weighted by molar-refractivity contribution is 5.41. The largest absolute Gasteiger partial charge is 0.368 e. The number of fused-ring (bicyclic) bond motifs is 1. The molecule has 3 nitrogen and oxygen atoms in total. The van der Waals surface area contributed by atoms with Gasteiger partial charge in [0.15, 0.2) is 0 Å². The number of hydrogen-bond donors (Lipinski definition) is 1. The van der Waals surface area contributed by atoms with Crippen LogP contribution in [0.4, 0.5) is 5.82 Å². The zero-order chi connectivity index (χ0) is 13.1. The molecule has 0 fully saturated rings. The highest BCUT2D eigenvalue weighted by Crippen LogP contribution is 2.32. The molecule has 1 N–H and O–H groups in total. The molecule has 0 aromatic carbocycles. The number of nitrogens with zero attached hydrogens (tertiary/aromatic N) is 2. The van der Waals surface area contributed by atoms with Crippen LogP contribution >= 0.6 is 0 Å². The summed E-state index contributed by atoms with van der Waals surface area (Å²) in [6.45, 7) is 9.06. The molecule has 0 bridgehead atoms. The maximum atomic E-state index is 4.84. The number of rotatable bonds is 5. The molecule has 2 heterocycles. The summed E-state index contributed by atoms with van der Waals surface area (Å²) in [5.74, 6) is 1.85. The second-order valence-corrected chi connectivity index (χ2v) is 5.78. The zero-order valence-electron chi connectivity index (χ0n) is 12.2. The maximum Gasteiger partial charge on any atom is 0.125 e. The third-order valence-corrected chi connectivity index (χ3v) is 4.08. The lowest BCUT2D eigenvalue weighted by molar-refractivity contribution is 0.407. The van der Waals surface area contributed by atoms with Crippen LogP contribution < -0.4 is 5.32 Å². The topological polar surface area (TPSA) is 29.9 Å². The molecule has 3 atom stereocenters. The Kier molecular flexibility index (Phi) is 4.31. The molecule has 102 valence electrons. The molecule has 1 aliphatic heterocycles. The van der Waals surface area contributed by atoms with Crippen molar-refractivity contribution in [1.29, 1.82) is 0 Å². The number of aromatic nitrogens is 2. The highest BCUT2D eigenvalue weighted by atomic mass is 15.4. The van der Waals surface area contributed by atoms with Crippen LogP contribution in [0.3, 0.4) is 0 Å². The number of anilines is 1. The van der Waals surface area contributed by atoms with Crippen LogP contribution in [0, 0.1) is 0 Å². The second kappa shape index (κ2) is 5.77. The lowest BCUT2D eigenvalue weighted by Gasteiger charge is -2.27. The third-order valence-electron chi connectivity index (χ3n) is 4.08. The standard InChI is InChI=1S/C15H27N3/c1-5-7-8-13(6-2)14-10-15-16-11(3)9-12(4)18(15)17-14/h10-13,16H,5-9H2,1-4H3. The Hall–Kier alpha value is -0.990. The van der Waals surface area contributed by atoms with Gasteiger partial charge in [-0.2, -0.15) is 5.10 Å². The lowest BCUT2D eigenvalue weighted by atomic mass is 9.96. The summed E-state index contributed by atoms with van der Waals surface area (Å²) in [6.07, 6.45) is 6.21. The van der Waals surface area contributed by atoms with Crippen molar-refractivity contribution in [3.63, 3.8) is 0 Å². The quantitative estimate of drug-likeness (QED) is 0.841. The normalized spacial score (nSPS) is 24.4. The van der Waals surface area contributed by atoms with Crippen molar-refractivity contribution in [2.24, 2.45) is 0 Å². The molecule has 3 heteroatoms. The molecule has 18 heavy (non-hydrogen) atoms. The van der Waals surface area contributed by atoms with Gasteiger partial charge in [-0.15, -0.1) is 0 Å². The molecule has 1 aromatic rings. The molecule has 2 rings (SSSR count). The van der Waals surface area contributed by atoms with Crippen LogP contribution in [0.2, 0.25) is 0 Å². The Labute approximate surface area is 111 Å². The molecule has 0 aliphatic carbocycles. The van der Waals surface area contributed by atoms with Crippen LogP contribution in [-0.2, 0) is 0 Å². The van der Waals surface area contributed by atoms with Gasteiger partial charge < -0.3 is 5.32 Å². The molecule has 0 spiro atoms. The van der Waals surface area contributed by atoms with Gasteiger partial charge in [0.2, 0.25) is 0 Å². The van der Waals surface area contributed by atoms with Crippen LogP contribution in [-0.4, -0.2) is 15.8 Å². The van der Waals surface area contributed by atoms with Gasteiger partial charge in [0, 0.05) is 18.0 Å². The van der Waals surface area contributed by atoms with E-state index in [-0.39, 0.29) is 0 Å². The van der Waals surface area contributed by atoms with E-state index in [4.69, 9.17) is 5.10 Å². The van der Waals surface area contributed by atoms with Gasteiger partial charge in [-0.1, -0.05) is 26.7 Å². The lowest BCUT2D eigenvalue weighted by Crippen LogP contribution is -2.28. The summed E-state index contributed by atoms with van der Waals surface area (Å²) in [7, 11) is 0. The van der Waals surface area contributed by atoms with Crippen molar-refractivity contribution in [2.45, 2.75) is 77.8 Å². The summed E-state index contributed by atoms with van der Waals surface area (Å²) in [5, 5.41) is 8.39. The predicted molar refractivity (Wildman–Crippen MR) is 77.2 cm³/mol. The summed E-state index contributed by atoms with van der Waals surface area (Å²) in [4.78, 5) is 0. The van der Waals surface area contributed by atoms with Crippen molar-refractivity contribution in [2.75, 3.05) is 5.32 Å². The van der Waals surface area contributed by atoms with E-state index in [1.807, 2.05) is 0 Å². The molecular formula is C15H27N3. The van der Waals surface area contributed by atoms with Crippen LogP contribution in [0.1, 0.15) is 77.5 Å². The molecule has 0 saturated heterocycles. The summed E-state index contributed by atoms with van der Waals surface area (Å²) < 4.78 is 2.18. The van der Waals surface area contributed by atoms with Crippen molar-refractivity contribution in [3.05, 3.63) is 11.8 Å². The van der Waals surface area contributed by atoms with E-state index >= 15 is 0 Å². The number of nitrogens with one attached hydrogen (secondary N) is 1. The summed E-state index contributed by atoms with van der Waals surface area (Å²) in [5.41, 5.74) is 1.29. The molecular weight excluding hydrogens is 222 g/mol. The molecule has 1 aromatic heterocycles. The van der Waals surface area contributed by atoms with Crippen LogP contribution in [0.5, 0.6) is 0 Å². The summed E-state index contributed by atoms with van der Waals surface area (Å²) >= 11 is 0. The molecule has 0 radical (unpaired) electrons. The fraction of sp³-hybridized carbons (Fsp3) is 0.800. The van der Waals surface area contributed by atoms with E-state index in [9.17, 15) is 0 Å². The van der Waals surface area contributed by atoms with Crippen molar-refractivity contribution >= 4 is 5.82 Å².